The smallest absolute Gasteiger partial charge is 0.418 e. The molecule has 0 saturated carbocycles. The number of methoxy groups -OCH3 is 1. The quantitative estimate of drug-likeness (QED) is 0.233. The number of rotatable bonds is 9. The van der Waals surface area contributed by atoms with Crippen LogP contribution in [-0.2, 0) is 33.1 Å². The van der Waals surface area contributed by atoms with Crippen molar-refractivity contribution in [2.45, 2.75) is 37.5 Å². The van der Waals surface area contributed by atoms with E-state index in [1.54, 1.807) is 30.3 Å². The molecule has 3 rings (SSSR count). The Labute approximate surface area is 209 Å². The number of hydrogen-bond donors (Lipinski definition) is 0. The summed E-state index contributed by atoms with van der Waals surface area (Å²) in [7, 11) is 1.17. The van der Waals surface area contributed by atoms with Crippen LogP contribution in [0.15, 0.2) is 72.9 Å². The van der Waals surface area contributed by atoms with Crippen molar-refractivity contribution >= 4 is 11.8 Å². The van der Waals surface area contributed by atoms with Crippen LogP contribution in [0, 0.1) is 5.92 Å². The number of ether oxygens (including phenoxy) is 1. The van der Waals surface area contributed by atoms with Crippen molar-refractivity contribution in [3.05, 3.63) is 101 Å². The molecule has 0 bridgehead atoms. The van der Waals surface area contributed by atoms with E-state index in [4.69, 9.17) is 4.74 Å². The van der Waals surface area contributed by atoms with Crippen molar-refractivity contribution < 1.29 is 40.7 Å². The predicted molar refractivity (Wildman–Crippen MR) is 122 cm³/mol. The monoisotopic (exact) mass is 523 g/mol. The fourth-order valence-corrected chi connectivity index (χ4v) is 4.10. The normalized spacial score (nSPS) is 13.6. The lowest BCUT2D eigenvalue weighted by molar-refractivity contribution is -0.147. The van der Waals surface area contributed by atoms with E-state index < -0.39 is 59.2 Å². The van der Waals surface area contributed by atoms with Crippen molar-refractivity contribution in [3.8, 4) is 0 Å². The van der Waals surface area contributed by atoms with Crippen LogP contribution >= 0.6 is 0 Å². The zero-order valence-electron chi connectivity index (χ0n) is 19.6. The Morgan fingerprint density at radius 2 is 1.49 bits per heavy atom. The molecule has 3 aromatic rings. The summed E-state index contributed by atoms with van der Waals surface area (Å²) in [6.45, 7) is 0. The third-order valence-electron chi connectivity index (χ3n) is 5.88. The lowest BCUT2D eigenvalue weighted by Gasteiger charge is -2.22. The molecule has 4 nitrogen and oxygen atoms in total. The molecule has 1 aromatic heterocycles. The van der Waals surface area contributed by atoms with Gasteiger partial charge in [0.05, 0.1) is 29.8 Å². The standard InChI is InChI=1S/C27H23F6NO3/c1-37-25(36)19(14-17-6-3-2-4-7-17)15-21(35)16-22(18-9-11-20(12-10-18)26(28,29)30)24-23(27(31,32)33)8-5-13-34-24/h2-13,19,22H,14-16H2,1H3/t19-,22+/m1/s1. The van der Waals surface area contributed by atoms with Crippen LogP contribution in [0.1, 0.15) is 46.7 Å². The highest BCUT2D eigenvalue weighted by Gasteiger charge is 2.38. The van der Waals surface area contributed by atoms with Gasteiger partial charge >= 0.3 is 18.3 Å². The van der Waals surface area contributed by atoms with Gasteiger partial charge in [0, 0.05) is 25.0 Å². The number of Topliss-reactive ketones (excluding diaryl/α,β-unsaturated/α-hetero) is 1. The van der Waals surface area contributed by atoms with Gasteiger partial charge in [-0.15, -0.1) is 0 Å². The Morgan fingerprint density at radius 1 is 0.838 bits per heavy atom. The molecule has 0 spiro atoms. The molecular weight excluding hydrogens is 500 g/mol. The number of esters is 1. The van der Waals surface area contributed by atoms with E-state index in [-0.39, 0.29) is 18.4 Å². The lowest BCUT2D eigenvalue weighted by atomic mass is 9.84. The molecule has 10 heteroatoms. The summed E-state index contributed by atoms with van der Waals surface area (Å²) in [5, 5.41) is 0. The second-order valence-electron chi connectivity index (χ2n) is 8.46. The Balaban J connectivity index is 1.95. The van der Waals surface area contributed by atoms with Crippen LogP contribution in [-0.4, -0.2) is 23.8 Å². The van der Waals surface area contributed by atoms with Gasteiger partial charge < -0.3 is 4.74 Å². The van der Waals surface area contributed by atoms with Crippen molar-refractivity contribution in [2.75, 3.05) is 7.11 Å². The third-order valence-corrected chi connectivity index (χ3v) is 5.88. The minimum atomic E-state index is -4.81. The first-order chi connectivity index (χ1) is 17.4. The molecule has 0 radical (unpaired) electrons. The molecule has 0 saturated heterocycles. The van der Waals surface area contributed by atoms with Crippen LogP contribution in [0.5, 0.6) is 0 Å². The van der Waals surface area contributed by atoms with Gasteiger partial charge in [0.25, 0.3) is 0 Å². The second kappa shape index (κ2) is 11.6. The van der Waals surface area contributed by atoms with Crippen molar-refractivity contribution in [1.82, 2.24) is 4.98 Å². The number of alkyl halides is 6. The molecule has 2 atom stereocenters. The number of benzene rings is 2. The number of ketones is 1. The highest BCUT2D eigenvalue weighted by molar-refractivity contribution is 5.85. The van der Waals surface area contributed by atoms with Crippen molar-refractivity contribution in [1.29, 1.82) is 0 Å². The maximum Gasteiger partial charge on any atom is 0.418 e. The van der Waals surface area contributed by atoms with Gasteiger partial charge in [-0.2, -0.15) is 26.3 Å². The second-order valence-corrected chi connectivity index (χ2v) is 8.46. The molecule has 0 aliphatic rings. The number of nitrogens with zero attached hydrogens (tertiary/aromatic N) is 1. The summed E-state index contributed by atoms with van der Waals surface area (Å²) in [5.41, 5.74) is -1.74. The van der Waals surface area contributed by atoms with Gasteiger partial charge in [0.2, 0.25) is 0 Å². The number of pyridine rings is 1. The van der Waals surface area contributed by atoms with Gasteiger partial charge in [-0.25, -0.2) is 0 Å². The first-order valence-electron chi connectivity index (χ1n) is 11.2. The number of aromatic nitrogens is 1. The molecule has 0 aliphatic carbocycles. The molecule has 0 fully saturated rings. The molecule has 37 heavy (non-hydrogen) atoms. The van der Waals surface area contributed by atoms with Crippen LogP contribution in [0.4, 0.5) is 26.3 Å². The van der Waals surface area contributed by atoms with Crippen LogP contribution in [0.25, 0.3) is 0 Å². The molecular formula is C27H23F6NO3. The number of halogens is 6. The average Bonchev–Trinajstić information content (AvgIpc) is 2.86. The van der Waals surface area contributed by atoms with E-state index in [0.717, 1.165) is 48.2 Å². The first kappa shape index (κ1) is 27.9. The van der Waals surface area contributed by atoms with E-state index in [1.165, 1.54) is 7.11 Å². The van der Waals surface area contributed by atoms with E-state index >= 15 is 0 Å². The van der Waals surface area contributed by atoms with Gasteiger partial charge in [-0.3, -0.25) is 14.6 Å². The molecule has 1 heterocycles. The summed E-state index contributed by atoms with van der Waals surface area (Å²) in [6.07, 6.45) is -8.99. The predicted octanol–water partition coefficient (Wildman–Crippen LogP) is 6.63. The Bertz CT molecular complexity index is 1210. The Kier molecular flexibility index (Phi) is 8.73. The zero-order chi connectivity index (χ0) is 27.2. The van der Waals surface area contributed by atoms with Crippen LogP contribution in [0.2, 0.25) is 0 Å². The van der Waals surface area contributed by atoms with E-state index in [1.807, 2.05) is 0 Å². The van der Waals surface area contributed by atoms with Gasteiger partial charge in [0.1, 0.15) is 5.78 Å². The number of hydrogen-bond acceptors (Lipinski definition) is 4. The van der Waals surface area contributed by atoms with Crippen molar-refractivity contribution in [3.63, 3.8) is 0 Å². The molecule has 2 aromatic carbocycles. The third kappa shape index (κ3) is 7.41. The minimum absolute atomic E-state index is 0.0585. The minimum Gasteiger partial charge on any atom is -0.469 e. The number of carbonyl (C=O) groups excluding carboxylic acids is 2. The molecule has 0 aliphatic heterocycles. The Hall–Kier alpha value is -3.69. The molecule has 0 unspecified atom stereocenters. The average molecular weight is 523 g/mol. The summed E-state index contributed by atoms with van der Waals surface area (Å²) in [6, 6.07) is 14.3. The SMILES string of the molecule is COC(=O)[C@@H](CC(=O)C[C@@H](c1ccc(C(F)(F)F)cc1)c1ncccc1C(F)(F)F)Cc1ccccc1. The summed E-state index contributed by atoms with van der Waals surface area (Å²) in [5.74, 6) is -3.39. The largest absolute Gasteiger partial charge is 0.469 e. The number of carbonyl (C=O) groups is 2. The van der Waals surface area contributed by atoms with Crippen molar-refractivity contribution in [2.24, 2.45) is 5.92 Å². The maximum absolute atomic E-state index is 13.8. The fourth-order valence-electron chi connectivity index (χ4n) is 4.10. The van der Waals surface area contributed by atoms with Gasteiger partial charge in [-0.1, -0.05) is 42.5 Å². The molecule has 196 valence electrons. The molecule has 0 amide bonds. The molecule has 0 N–H and O–H groups in total. The van der Waals surface area contributed by atoms with E-state index in [0.29, 0.717) is 0 Å². The fraction of sp³-hybridized carbons (Fsp3) is 0.296. The summed E-state index contributed by atoms with van der Waals surface area (Å²) < 4.78 is 85.2. The maximum atomic E-state index is 13.8. The van der Waals surface area contributed by atoms with E-state index in [2.05, 4.69) is 4.98 Å². The lowest BCUT2D eigenvalue weighted by Crippen LogP contribution is -2.24. The first-order valence-corrected chi connectivity index (χ1v) is 11.2. The van der Waals surface area contributed by atoms with Crippen LogP contribution in [0.3, 0.4) is 0 Å². The summed E-state index contributed by atoms with van der Waals surface area (Å²) in [4.78, 5) is 29.3. The highest BCUT2D eigenvalue weighted by atomic mass is 19.4. The Morgan fingerprint density at radius 3 is 2.05 bits per heavy atom. The zero-order valence-corrected chi connectivity index (χ0v) is 19.6. The van der Waals surface area contributed by atoms with Crippen LogP contribution < -0.4 is 0 Å². The summed E-state index contributed by atoms with van der Waals surface area (Å²) >= 11 is 0. The topological polar surface area (TPSA) is 56.3 Å². The van der Waals surface area contributed by atoms with Gasteiger partial charge in [-0.05, 0) is 41.8 Å². The van der Waals surface area contributed by atoms with Gasteiger partial charge in [0.15, 0.2) is 0 Å². The highest BCUT2D eigenvalue weighted by Crippen LogP contribution is 2.39. The van der Waals surface area contributed by atoms with E-state index in [9.17, 15) is 35.9 Å².